The van der Waals surface area contributed by atoms with Gasteiger partial charge in [-0.15, -0.1) is 0 Å². The Labute approximate surface area is 119 Å². The van der Waals surface area contributed by atoms with E-state index in [-0.39, 0.29) is 5.73 Å². The first-order valence-corrected chi connectivity index (χ1v) is 9.04. The molecule has 0 aromatic rings. The molecule has 19 heavy (non-hydrogen) atoms. The van der Waals surface area contributed by atoms with E-state index in [2.05, 4.69) is 13.5 Å². The summed E-state index contributed by atoms with van der Waals surface area (Å²) >= 11 is 0. The second kappa shape index (κ2) is 10.6. The molecule has 5 heteroatoms. The van der Waals surface area contributed by atoms with Gasteiger partial charge in [0, 0.05) is 19.8 Å². The van der Waals surface area contributed by atoms with E-state index in [0.717, 1.165) is 18.4 Å². The van der Waals surface area contributed by atoms with Gasteiger partial charge in [-0.3, -0.25) is 0 Å². The maximum Gasteiger partial charge on any atom is 0.531 e. The maximum absolute atomic E-state index is 5.95. The first-order chi connectivity index (χ1) is 9.06. The molecule has 0 amide bonds. The van der Waals surface area contributed by atoms with E-state index in [1.54, 1.807) is 0 Å². The molecule has 0 aliphatic carbocycles. The van der Waals surface area contributed by atoms with Crippen molar-refractivity contribution in [2.24, 2.45) is 0 Å². The van der Waals surface area contributed by atoms with Crippen LogP contribution in [0.5, 0.6) is 0 Å². The Bertz CT molecular complexity index is 229. The number of hydrogen-bond donors (Lipinski definition) is 0. The first kappa shape index (κ1) is 18.8. The van der Waals surface area contributed by atoms with Gasteiger partial charge in [-0.1, -0.05) is 25.5 Å². The highest BCUT2D eigenvalue weighted by Crippen LogP contribution is 2.22. The lowest BCUT2D eigenvalue weighted by Crippen LogP contribution is -2.57. The summed E-state index contributed by atoms with van der Waals surface area (Å²) in [5.41, 5.74) is 0.877. The number of hydrogen-bond acceptors (Lipinski definition) is 4. The fourth-order valence-corrected chi connectivity index (χ4v) is 4.82. The van der Waals surface area contributed by atoms with Gasteiger partial charge in [-0.2, -0.15) is 0 Å². The fraction of sp³-hybridized carbons (Fsp3) is 0.857. The van der Waals surface area contributed by atoms with E-state index >= 15 is 0 Å². The van der Waals surface area contributed by atoms with Crippen LogP contribution in [0.1, 0.15) is 47.5 Å². The summed E-state index contributed by atoms with van der Waals surface area (Å²) in [6.07, 6.45) is 1.88. The standard InChI is InChI=1S/C14H30O4Si/c1-7-11-14(15-12-13(5)6)19(16-8-2,17-9-3)18-10-4/h14H,5,7-12H2,1-4,6H3. The van der Waals surface area contributed by atoms with Crippen molar-refractivity contribution >= 4 is 8.80 Å². The van der Waals surface area contributed by atoms with Crippen molar-refractivity contribution in [1.29, 1.82) is 0 Å². The molecule has 0 saturated carbocycles. The van der Waals surface area contributed by atoms with Crippen LogP contribution in [0.4, 0.5) is 0 Å². The van der Waals surface area contributed by atoms with E-state index in [1.165, 1.54) is 0 Å². The van der Waals surface area contributed by atoms with Crippen LogP contribution in [0, 0.1) is 0 Å². The molecule has 0 rings (SSSR count). The minimum atomic E-state index is -2.78. The second-order valence-corrected chi connectivity index (χ2v) is 7.17. The zero-order chi connectivity index (χ0) is 14.7. The van der Waals surface area contributed by atoms with Gasteiger partial charge in [-0.25, -0.2) is 0 Å². The van der Waals surface area contributed by atoms with Crippen LogP contribution in [-0.4, -0.2) is 41.0 Å². The molecule has 114 valence electrons. The van der Waals surface area contributed by atoms with E-state index < -0.39 is 8.80 Å². The van der Waals surface area contributed by atoms with Crippen molar-refractivity contribution < 1.29 is 18.0 Å². The zero-order valence-electron chi connectivity index (χ0n) is 13.2. The van der Waals surface area contributed by atoms with Crippen LogP contribution >= 0.6 is 0 Å². The monoisotopic (exact) mass is 290 g/mol. The second-order valence-electron chi connectivity index (χ2n) is 4.45. The van der Waals surface area contributed by atoms with Crippen LogP contribution in [0.15, 0.2) is 12.2 Å². The van der Waals surface area contributed by atoms with Crippen molar-refractivity contribution in [3.8, 4) is 0 Å². The Hall–Kier alpha value is -0.203. The third-order valence-electron chi connectivity index (χ3n) is 2.51. The summed E-state index contributed by atoms with van der Waals surface area (Å²) in [4.78, 5) is 0. The van der Waals surface area contributed by atoms with Crippen LogP contribution < -0.4 is 0 Å². The van der Waals surface area contributed by atoms with Gasteiger partial charge in [0.1, 0.15) is 5.73 Å². The number of ether oxygens (including phenoxy) is 1. The lowest BCUT2D eigenvalue weighted by Gasteiger charge is -2.35. The highest BCUT2D eigenvalue weighted by molar-refractivity contribution is 6.62. The molecule has 4 nitrogen and oxygen atoms in total. The van der Waals surface area contributed by atoms with Gasteiger partial charge in [0.15, 0.2) is 0 Å². The van der Waals surface area contributed by atoms with Crippen LogP contribution in [0.25, 0.3) is 0 Å². The molecule has 1 unspecified atom stereocenters. The van der Waals surface area contributed by atoms with E-state index in [1.807, 2.05) is 27.7 Å². The Morgan fingerprint density at radius 3 is 1.79 bits per heavy atom. The molecule has 0 aliphatic heterocycles. The molecular weight excluding hydrogens is 260 g/mol. The Morgan fingerprint density at radius 1 is 1.00 bits per heavy atom. The van der Waals surface area contributed by atoms with E-state index in [9.17, 15) is 0 Å². The molecule has 0 N–H and O–H groups in total. The van der Waals surface area contributed by atoms with E-state index in [0.29, 0.717) is 26.4 Å². The lowest BCUT2D eigenvalue weighted by molar-refractivity contribution is -0.00695. The summed E-state index contributed by atoms with van der Waals surface area (Å²) in [7, 11) is -2.78. The average molecular weight is 290 g/mol. The molecule has 0 heterocycles. The van der Waals surface area contributed by atoms with Crippen molar-refractivity contribution in [3.05, 3.63) is 12.2 Å². The Balaban J connectivity index is 4.99. The Morgan fingerprint density at radius 2 is 1.47 bits per heavy atom. The molecule has 1 atom stereocenters. The molecular formula is C14H30O4Si. The molecule has 0 radical (unpaired) electrons. The van der Waals surface area contributed by atoms with Gasteiger partial charge in [0.25, 0.3) is 0 Å². The molecule has 0 aliphatic rings. The summed E-state index contributed by atoms with van der Waals surface area (Å²) in [5, 5.41) is 0. The first-order valence-electron chi connectivity index (χ1n) is 7.24. The predicted molar refractivity (Wildman–Crippen MR) is 80.1 cm³/mol. The van der Waals surface area contributed by atoms with Crippen LogP contribution in [0.2, 0.25) is 0 Å². The van der Waals surface area contributed by atoms with Gasteiger partial charge >= 0.3 is 8.80 Å². The SMILES string of the molecule is C=C(C)COC(CCC)[Si](OCC)(OCC)OCC. The smallest absolute Gasteiger partial charge is 0.372 e. The average Bonchev–Trinajstić information content (AvgIpc) is 2.35. The molecule has 0 aromatic heterocycles. The van der Waals surface area contributed by atoms with Crippen LogP contribution in [-0.2, 0) is 18.0 Å². The van der Waals surface area contributed by atoms with Crippen molar-refractivity contribution in [2.45, 2.75) is 53.2 Å². The van der Waals surface area contributed by atoms with E-state index in [4.69, 9.17) is 18.0 Å². The summed E-state index contributed by atoms with van der Waals surface area (Å²) < 4.78 is 23.6. The largest absolute Gasteiger partial charge is 0.531 e. The van der Waals surface area contributed by atoms with Crippen molar-refractivity contribution in [2.75, 3.05) is 26.4 Å². The molecule has 0 spiro atoms. The quantitative estimate of drug-likeness (QED) is 0.408. The van der Waals surface area contributed by atoms with Crippen LogP contribution in [0.3, 0.4) is 0 Å². The lowest BCUT2D eigenvalue weighted by atomic mass is 10.3. The van der Waals surface area contributed by atoms with Crippen molar-refractivity contribution in [1.82, 2.24) is 0 Å². The summed E-state index contributed by atoms with van der Waals surface area (Å²) in [6.45, 7) is 16.1. The molecule has 0 saturated heterocycles. The third-order valence-corrected chi connectivity index (χ3v) is 5.83. The van der Waals surface area contributed by atoms with Gasteiger partial charge < -0.3 is 18.0 Å². The zero-order valence-corrected chi connectivity index (χ0v) is 14.2. The molecule has 0 bridgehead atoms. The third kappa shape index (κ3) is 6.67. The minimum absolute atomic E-state index is 0.117. The normalized spacial score (nSPS) is 13.5. The highest BCUT2D eigenvalue weighted by Gasteiger charge is 2.49. The maximum atomic E-state index is 5.95. The topological polar surface area (TPSA) is 36.9 Å². The predicted octanol–water partition coefficient (Wildman–Crippen LogP) is 3.34. The summed E-state index contributed by atoms with van der Waals surface area (Å²) in [5.74, 6) is 0. The summed E-state index contributed by atoms with van der Waals surface area (Å²) in [6, 6.07) is 0. The van der Waals surface area contributed by atoms with Gasteiger partial charge in [0.2, 0.25) is 0 Å². The molecule has 0 aromatic carbocycles. The van der Waals surface area contributed by atoms with Gasteiger partial charge in [0.05, 0.1) is 6.61 Å². The Kier molecular flexibility index (Phi) is 10.5. The molecule has 0 fully saturated rings. The minimum Gasteiger partial charge on any atom is -0.372 e. The van der Waals surface area contributed by atoms with Crippen molar-refractivity contribution in [3.63, 3.8) is 0 Å². The fourth-order valence-electron chi connectivity index (χ4n) is 1.87. The highest BCUT2D eigenvalue weighted by atomic mass is 28.4. The number of rotatable bonds is 12. The van der Waals surface area contributed by atoms with Gasteiger partial charge in [-0.05, 0) is 34.1 Å².